The molecule has 6 nitrogen and oxygen atoms in total. The Hall–Kier alpha value is -1.10. The molecule has 0 aromatic carbocycles. The van der Waals surface area contributed by atoms with Gasteiger partial charge in [0, 0.05) is 24.5 Å². The van der Waals surface area contributed by atoms with Gasteiger partial charge in [-0.2, -0.15) is 0 Å². The number of aliphatic imine (C=N–C) groups is 1. The van der Waals surface area contributed by atoms with Crippen LogP contribution in [0.3, 0.4) is 0 Å². The van der Waals surface area contributed by atoms with Gasteiger partial charge < -0.3 is 20.2 Å². The van der Waals surface area contributed by atoms with Crippen LogP contribution in [0.2, 0.25) is 0 Å². The van der Waals surface area contributed by atoms with E-state index in [1.165, 1.54) is 17.7 Å². The predicted molar refractivity (Wildman–Crippen MR) is 135 cm³/mol. The summed E-state index contributed by atoms with van der Waals surface area (Å²) in [4.78, 5) is 8.59. The number of thiophene rings is 1. The number of halogens is 1. The number of furan rings is 1. The highest BCUT2D eigenvalue weighted by atomic mass is 127. The summed E-state index contributed by atoms with van der Waals surface area (Å²) in [6.07, 6.45) is 2.39. The van der Waals surface area contributed by atoms with Gasteiger partial charge in [-0.3, -0.25) is 4.90 Å². The highest BCUT2D eigenvalue weighted by Crippen LogP contribution is 2.23. The molecule has 0 aliphatic carbocycles. The van der Waals surface area contributed by atoms with Gasteiger partial charge >= 0.3 is 0 Å². The number of nitrogens with zero attached hydrogens (tertiary/aromatic N) is 2. The summed E-state index contributed by atoms with van der Waals surface area (Å²) in [6, 6.07) is 8.02. The van der Waals surface area contributed by atoms with Crippen molar-refractivity contribution in [2.45, 2.75) is 45.8 Å². The van der Waals surface area contributed by atoms with Crippen molar-refractivity contribution < 1.29 is 9.52 Å². The summed E-state index contributed by atoms with van der Waals surface area (Å²) >= 11 is 1.84. The van der Waals surface area contributed by atoms with E-state index in [0.29, 0.717) is 11.7 Å². The largest absolute Gasteiger partial charge is 0.463 e. The summed E-state index contributed by atoms with van der Waals surface area (Å²) < 4.78 is 5.58. The highest BCUT2D eigenvalue weighted by molar-refractivity contribution is 14.0. The molecule has 3 rings (SSSR count). The van der Waals surface area contributed by atoms with E-state index in [1.54, 1.807) is 6.92 Å². The molecule has 0 amide bonds. The summed E-state index contributed by atoms with van der Waals surface area (Å²) in [5.41, 5.74) is -1.12. The smallest absolute Gasteiger partial charge is 0.191 e. The van der Waals surface area contributed by atoms with Gasteiger partial charge in [0.25, 0.3) is 0 Å². The van der Waals surface area contributed by atoms with Crippen LogP contribution in [0, 0.1) is 12.8 Å². The zero-order valence-corrected chi connectivity index (χ0v) is 21.3. The van der Waals surface area contributed by atoms with Crippen molar-refractivity contribution >= 4 is 41.3 Å². The Morgan fingerprint density at radius 2 is 2.07 bits per heavy atom. The van der Waals surface area contributed by atoms with Crippen molar-refractivity contribution in [1.82, 2.24) is 15.5 Å². The van der Waals surface area contributed by atoms with Crippen LogP contribution in [0.15, 0.2) is 39.1 Å². The van der Waals surface area contributed by atoms with Crippen molar-refractivity contribution in [2.24, 2.45) is 10.9 Å². The highest BCUT2D eigenvalue weighted by Gasteiger charge is 2.27. The second kappa shape index (κ2) is 12.1. The van der Waals surface area contributed by atoms with Gasteiger partial charge in [0.15, 0.2) is 5.96 Å². The summed E-state index contributed by atoms with van der Waals surface area (Å²) in [5, 5.41) is 19.6. The molecule has 1 unspecified atom stereocenters. The average Bonchev–Trinajstić information content (AvgIpc) is 3.37. The van der Waals surface area contributed by atoms with Gasteiger partial charge in [-0.05, 0) is 76.2 Å². The van der Waals surface area contributed by atoms with Crippen molar-refractivity contribution in [3.8, 4) is 0 Å². The minimum Gasteiger partial charge on any atom is -0.463 e. The Kier molecular flexibility index (Phi) is 10.1. The lowest BCUT2D eigenvalue weighted by Gasteiger charge is -2.32. The van der Waals surface area contributed by atoms with E-state index in [2.05, 4.69) is 38.0 Å². The summed E-state index contributed by atoms with van der Waals surface area (Å²) in [7, 11) is 0. The Morgan fingerprint density at radius 3 is 2.67 bits per heavy atom. The fraction of sp³-hybridized carbons (Fsp3) is 0.591. The third-order valence-corrected chi connectivity index (χ3v) is 6.25. The molecular formula is C22H35IN4O2S. The van der Waals surface area contributed by atoms with Crippen LogP contribution in [0.25, 0.3) is 0 Å². The maximum atomic E-state index is 10.7. The van der Waals surface area contributed by atoms with E-state index >= 15 is 0 Å². The molecule has 1 saturated heterocycles. The molecule has 2 aromatic rings. The fourth-order valence-corrected chi connectivity index (χ4v) is 4.34. The van der Waals surface area contributed by atoms with Crippen LogP contribution in [0.5, 0.6) is 0 Å². The monoisotopic (exact) mass is 546 g/mol. The number of likely N-dealkylation sites (tertiary alicyclic amines) is 1. The molecule has 0 radical (unpaired) electrons. The first-order valence-electron chi connectivity index (χ1n) is 10.5. The molecule has 0 bridgehead atoms. The summed E-state index contributed by atoms with van der Waals surface area (Å²) in [6.45, 7) is 11.0. The van der Waals surface area contributed by atoms with Crippen molar-refractivity contribution in [3.63, 3.8) is 0 Å². The second-order valence-corrected chi connectivity index (χ2v) is 9.09. The summed E-state index contributed by atoms with van der Waals surface area (Å²) in [5.74, 6) is 2.73. The predicted octanol–water partition coefficient (Wildman–Crippen LogP) is 3.94. The minimum absolute atomic E-state index is 0. The molecule has 1 atom stereocenters. The molecule has 3 N–H and O–H groups in total. The molecule has 0 saturated carbocycles. The number of hydrogen-bond acceptors (Lipinski definition) is 5. The minimum atomic E-state index is -1.12. The van der Waals surface area contributed by atoms with Crippen LogP contribution in [-0.4, -0.2) is 48.7 Å². The van der Waals surface area contributed by atoms with Crippen molar-refractivity contribution in [1.29, 1.82) is 0 Å². The van der Waals surface area contributed by atoms with Crippen LogP contribution in [0.4, 0.5) is 0 Å². The molecule has 3 heterocycles. The Balaban J connectivity index is 0.00000320. The number of guanidine groups is 1. The van der Waals surface area contributed by atoms with Crippen LogP contribution >= 0.6 is 35.3 Å². The Bertz CT molecular complexity index is 768. The number of hydrogen-bond donors (Lipinski definition) is 3. The van der Waals surface area contributed by atoms with E-state index in [9.17, 15) is 5.11 Å². The molecule has 30 heavy (non-hydrogen) atoms. The first-order valence-corrected chi connectivity index (χ1v) is 11.4. The first-order chi connectivity index (χ1) is 14.0. The zero-order valence-electron chi connectivity index (χ0n) is 18.2. The number of rotatable bonds is 8. The Labute approximate surface area is 201 Å². The van der Waals surface area contributed by atoms with Crippen LogP contribution in [-0.2, 0) is 12.1 Å². The topological polar surface area (TPSA) is 73.0 Å². The van der Waals surface area contributed by atoms with E-state index in [1.807, 2.05) is 37.3 Å². The van der Waals surface area contributed by atoms with E-state index < -0.39 is 5.60 Å². The van der Waals surface area contributed by atoms with Gasteiger partial charge in [-0.1, -0.05) is 6.07 Å². The molecule has 0 spiro atoms. The number of aliphatic hydroxyl groups is 1. The SMILES string of the molecule is CCNC(=NCC(C)(O)c1ccc(C)o1)NCC1CCN(Cc2cccs2)CC1.I. The molecule has 8 heteroatoms. The molecule has 1 fully saturated rings. The van der Waals surface area contributed by atoms with Gasteiger partial charge in [0.05, 0.1) is 6.54 Å². The average molecular weight is 547 g/mol. The van der Waals surface area contributed by atoms with Crippen LogP contribution < -0.4 is 10.6 Å². The number of aryl methyl sites for hydroxylation is 1. The van der Waals surface area contributed by atoms with E-state index in [0.717, 1.165) is 44.4 Å². The molecule has 2 aromatic heterocycles. The lowest BCUT2D eigenvalue weighted by Crippen LogP contribution is -2.43. The fourth-order valence-electron chi connectivity index (χ4n) is 3.59. The van der Waals surface area contributed by atoms with Gasteiger partial charge in [0.2, 0.25) is 0 Å². The van der Waals surface area contributed by atoms with Gasteiger partial charge in [0.1, 0.15) is 17.1 Å². The maximum Gasteiger partial charge on any atom is 0.191 e. The Morgan fingerprint density at radius 1 is 1.30 bits per heavy atom. The van der Waals surface area contributed by atoms with Crippen molar-refractivity contribution in [2.75, 3.05) is 32.7 Å². The lowest BCUT2D eigenvalue weighted by molar-refractivity contribution is 0.0428. The van der Waals surface area contributed by atoms with Crippen molar-refractivity contribution in [3.05, 3.63) is 46.0 Å². The van der Waals surface area contributed by atoms with E-state index in [-0.39, 0.29) is 30.5 Å². The van der Waals surface area contributed by atoms with Crippen LogP contribution in [0.1, 0.15) is 43.1 Å². The standard InChI is InChI=1S/C22H34N4O2S.HI/c1-4-23-21(25-16-22(3,27)20-8-7-17(2)28-20)24-14-18-9-11-26(12-10-18)15-19-6-5-13-29-19;/h5-8,13,18,27H,4,9-12,14-16H2,1-3H3,(H2,23,24,25);1H. The molecule has 1 aliphatic heterocycles. The van der Waals surface area contributed by atoms with Gasteiger partial charge in [-0.15, -0.1) is 35.3 Å². The third-order valence-electron chi connectivity index (χ3n) is 5.39. The molecular weight excluding hydrogens is 511 g/mol. The quantitative estimate of drug-likeness (QED) is 0.266. The van der Waals surface area contributed by atoms with Gasteiger partial charge in [-0.25, -0.2) is 4.99 Å². The third kappa shape index (κ3) is 7.55. The van der Waals surface area contributed by atoms with E-state index in [4.69, 9.17) is 4.42 Å². The molecule has 168 valence electrons. The lowest BCUT2D eigenvalue weighted by atomic mass is 9.97. The first kappa shape index (κ1) is 25.2. The zero-order chi connectivity index (χ0) is 20.7. The number of piperidine rings is 1. The molecule has 1 aliphatic rings. The number of nitrogens with one attached hydrogen (secondary N) is 2. The normalized spacial score (nSPS) is 17.9. The maximum absolute atomic E-state index is 10.7. The second-order valence-electron chi connectivity index (χ2n) is 8.06.